The summed E-state index contributed by atoms with van der Waals surface area (Å²) in [5.74, 6) is 8.10. The summed E-state index contributed by atoms with van der Waals surface area (Å²) in [7, 11) is 0. The minimum Gasteiger partial charge on any atom is -0.325 e. The van der Waals surface area contributed by atoms with Crippen LogP contribution in [0, 0.1) is 30.0 Å². The normalized spacial score (nSPS) is 16.9. The van der Waals surface area contributed by atoms with Crippen molar-refractivity contribution in [1.82, 2.24) is 19.6 Å². The number of hydrogen-bond donors (Lipinski definition) is 0. The van der Waals surface area contributed by atoms with Gasteiger partial charge in [-0.05, 0) is 82.3 Å². The van der Waals surface area contributed by atoms with Gasteiger partial charge in [0.1, 0.15) is 23.1 Å². The van der Waals surface area contributed by atoms with Crippen LogP contribution < -0.4 is 4.90 Å². The molecule has 6 rings (SSSR count). The Labute approximate surface area is 196 Å². The number of nitrogens with zero attached hydrogens (tertiary/aromatic N) is 5. The summed E-state index contributed by atoms with van der Waals surface area (Å²) in [6.45, 7) is 5.84. The molecule has 0 amide bonds. The molecule has 1 aliphatic heterocycles. The molecule has 0 saturated heterocycles. The fraction of sp³-hybridized carbons (Fsp3) is 0.370. The maximum absolute atomic E-state index is 14.7. The number of fused-ring (bicyclic) bond motifs is 4. The van der Waals surface area contributed by atoms with E-state index in [1.165, 1.54) is 12.1 Å². The minimum atomic E-state index is -1.32. The number of alkyl halides is 1. The third-order valence-corrected chi connectivity index (χ3v) is 7.28. The summed E-state index contributed by atoms with van der Waals surface area (Å²) >= 11 is 0. The molecule has 0 radical (unpaired) electrons. The molecule has 34 heavy (non-hydrogen) atoms. The molecule has 172 valence electrons. The van der Waals surface area contributed by atoms with Crippen molar-refractivity contribution < 1.29 is 8.78 Å². The summed E-state index contributed by atoms with van der Waals surface area (Å²) < 4.78 is 30.9. The Morgan fingerprint density at radius 2 is 1.94 bits per heavy atom. The van der Waals surface area contributed by atoms with Gasteiger partial charge < -0.3 is 4.90 Å². The van der Waals surface area contributed by atoms with E-state index in [0.29, 0.717) is 22.8 Å². The van der Waals surface area contributed by atoms with Gasteiger partial charge in [-0.15, -0.1) is 10.2 Å². The van der Waals surface area contributed by atoms with E-state index in [1.807, 2.05) is 23.5 Å². The van der Waals surface area contributed by atoms with Crippen molar-refractivity contribution in [2.45, 2.75) is 52.1 Å². The number of halogens is 2. The SMILES string of the molecule is Cc1nnc2nc(N3CCCc4c(C#CC5(C(C)(C)F)CC5)cccc43)c3cc(F)ccc3n12. The van der Waals surface area contributed by atoms with Crippen molar-refractivity contribution in [2.24, 2.45) is 5.41 Å². The number of aryl methyl sites for hydroxylation is 1. The van der Waals surface area contributed by atoms with Crippen LogP contribution in [-0.4, -0.2) is 31.8 Å². The predicted octanol–water partition coefficient (Wildman–Crippen LogP) is 5.69. The molecule has 0 spiro atoms. The highest BCUT2D eigenvalue weighted by atomic mass is 19.1. The topological polar surface area (TPSA) is 46.3 Å². The maximum atomic E-state index is 14.7. The molecule has 3 heterocycles. The summed E-state index contributed by atoms with van der Waals surface area (Å²) in [6.07, 6.45) is 3.37. The van der Waals surface area contributed by atoms with E-state index >= 15 is 0 Å². The third-order valence-electron chi connectivity index (χ3n) is 7.28. The summed E-state index contributed by atoms with van der Waals surface area (Å²) in [4.78, 5) is 6.93. The molecule has 1 aliphatic carbocycles. The van der Waals surface area contributed by atoms with E-state index in [9.17, 15) is 8.78 Å². The number of anilines is 2. The van der Waals surface area contributed by atoms with Gasteiger partial charge in [-0.2, -0.15) is 4.98 Å². The van der Waals surface area contributed by atoms with E-state index in [1.54, 1.807) is 19.9 Å². The molecule has 0 N–H and O–H groups in total. The molecule has 5 nitrogen and oxygen atoms in total. The second-order valence-corrected chi connectivity index (χ2v) is 9.84. The first kappa shape index (κ1) is 21.0. The lowest BCUT2D eigenvalue weighted by atomic mass is 9.89. The minimum absolute atomic E-state index is 0.318. The lowest BCUT2D eigenvalue weighted by molar-refractivity contribution is 0.144. The molecular formula is C27H25F2N5. The van der Waals surface area contributed by atoms with Crippen LogP contribution >= 0.6 is 0 Å². The molecule has 2 aliphatic rings. The number of rotatable bonds is 2. The maximum Gasteiger partial charge on any atom is 0.257 e. The van der Waals surface area contributed by atoms with Crippen molar-refractivity contribution in [3.63, 3.8) is 0 Å². The van der Waals surface area contributed by atoms with Crippen LogP contribution in [-0.2, 0) is 6.42 Å². The van der Waals surface area contributed by atoms with Gasteiger partial charge in [-0.1, -0.05) is 17.9 Å². The fourth-order valence-corrected chi connectivity index (χ4v) is 5.09. The quantitative estimate of drug-likeness (QED) is 0.363. The van der Waals surface area contributed by atoms with Crippen molar-refractivity contribution in [3.05, 3.63) is 59.2 Å². The first-order valence-electron chi connectivity index (χ1n) is 11.7. The van der Waals surface area contributed by atoms with Gasteiger partial charge in [0.2, 0.25) is 0 Å². The Kier molecular flexibility index (Phi) is 4.47. The molecular weight excluding hydrogens is 432 g/mol. The standard InChI is InChI=1S/C27H25F2N5/c1-17-31-32-25-30-24(21-16-19(28)9-10-23(21)34(17)25)33-15-5-7-20-18(6-4-8-22(20)33)11-12-27(13-14-27)26(2,3)29/h4,6,8-10,16H,5,7,13-15H2,1-3H3. The van der Waals surface area contributed by atoms with E-state index in [-0.39, 0.29) is 5.82 Å². The van der Waals surface area contributed by atoms with Crippen LogP contribution in [0.25, 0.3) is 16.7 Å². The second kappa shape index (κ2) is 7.23. The van der Waals surface area contributed by atoms with E-state index in [2.05, 4.69) is 33.0 Å². The Hall–Kier alpha value is -3.53. The van der Waals surface area contributed by atoms with E-state index in [0.717, 1.165) is 54.6 Å². The van der Waals surface area contributed by atoms with Crippen LogP contribution in [0.3, 0.4) is 0 Å². The molecule has 0 bridgehead atoms. The highest BCUT2D eigenvalue weighted by Gasteiger charge is 2.54. The molecule has 1 saturated carbocycles. The van der Waals surface area contributed by atoms with Crippen LogP contribution in [0.1, 0.15) is 50.1 Å². The van der Waals surface area contributed by atoms with Crippen molar-refractivity contribution in [1.29, 1.82) is 0 Å². The summed E-state index contributed by atoms with van der Waals surface area (Å²) in [6, 6.07) is 10.8. The predicted molar refractivity (Wildman–Crippen MR) is 128 cm³/mol. The van der Waals surface area contributed by atoms with Crippen molar-refractivity contribution >= 4 is 28.2 Å². The first-order chi connectivity index (χ1) is 16.3. The van der Waals surface area contributed by atoms with Gasteiger partial charge in [0, 0.05) is 23.2 Å². The second-order valence-electron chi connectivity index (χ2n) is 9.84. The Morgan fingerprint density at radius 1 is 1.12 bits per heavy atom. The Balaban J connectivity index is 1.51. The number of benzene rings is 2. The zero-order valence-electron chi connectivity index (χ0n) is 19.5. The van der Waals surface area contributed by atoms with Gasteiger partial charge in [0.15, 0.2) is 0 Å². The van der Waals surface area contributed by atoms with Crippen LogP contribution in [0.5, 0.6) is 0 Å². The molecule has 4 aromatic rings. The average Bonchev–Trinajstić information content (AvgIpc) is 3.53. The van der Waals surface area contributed by atoms with Crippen LogP contribution in [0.15, 0.2) is 36.4 Å². The number of aromatic nitrogens is 4. The highest BCUT2D eigenvalue weighted by Crippen LogP contribution is 2.55. The van der Waals surface area contributed by atoms with Gasteiger partial charge in [0.25, 0.3) is 5.78 Å². The zero-order chi connectivity index (χ0) is 23.7. The highest BCUT2D eigenvalue weighted by molar-refractivity contribution is 5.94. The monoisotopic (exact) mass is 457 g/mol. The molecule has 2 aromatic carbocycles. The zero-order valence-corrected chi connectivity index (χ0v) is 19.5. The van der Waals surface area contributed by atoms with Gasteiger partial charge >= 0.3 is 0 Å². The smallest absolute Gasteiger partial charge is 0.257 e. The van der Waals surface area contributed by atoms with Gasteiger partial charge in [0.05, 0.1) is 10.9 Å². The largest absolute Gasteiger partial charge is 0.325 e. The van der Waals surface area contributed by atoms with Crippen molar-refractivity contribution in [2.75, 3.05) is 11.4 Å². The molecule has 2 aromatic heterocycles. The fourth-order valence-electron chi connectivity index (χ4n) is 5.09. The van der Waals surface area contributed by atoms with Crippen molar-refractivity contribution in [3.8, 4) is 11.8 Å². The van der Waals surface area contributed by atoms with Crippen LogP contribution in [0.2, 0.25) is 0 Å². The van der Waals surface area contributed by atoms with Crippen LogP contribution in [0.4, 0.5) is 20.3 Å². The Morgan fingerprint density at radius 3 is 2.71 bits per heavy atom. The Bertz CT molecular complexity index is 1520. The average molecular weight is 458 g/mol. The van der Waals surface area contributed by atoms with Gasteiger partial charge in [-0.25, -0.2) is 8.78 Å². The third kappa shape index (κ3) is 3.16. The van der Waals surface area contributed by atoms with E-state index < -0.39 is 11.1 Å². The molecule has 0 unspecified atom stereocenters. The van der Waals surface area contributed by atoms with Gasteiger partial charge in [-0.3, -0.25) is 4.40 Å². The van der Waals surface area contributed by atoms with E-state index in [4.69, 9.17) is 4.98 Å². The molecule has 0 atom stereocenters. The molecule has 7 heteroatoms. The lowest BCUT2D eigenvalue weighted by Crippen LogP contribution is -2.27. The summed E-state index contributed by atoms with van der Waals surface area (Å²) in [5, 5.41) is 9.11. The first-order valence-corrected chi connectivity index (χ1v) is 11.7. The number of hydrogen-bond acceptors (Lipinski definition) is 4. The lowest BCUT2D eigenvalue weighted by Gasteiger charge is -2.32. The summed E-state index contributed by atoms with van der Waals surface area (Å²) in [5.41, 5.74) is 1.99. The molecule has 1 fully saturated rings.